The minimum absolute atomic E-state index is 0.102. The molecule has 2 nitrogen and oxygen atoms in total. The quantitative estimate of drug-likeness (QED) is 0.548. The predicted molar refractivity (Wildman–Crippen MR) is 88.7 cm³/mol. The van der Waals surface area contributed by atoms with Gasteiger partial charge in [-0.25, -0.2) is 0 Å². The largest absolute Gasteiger partial charge is 0.416 e. The van der Waals surface area contributed by atoms with Crippen molar-refractivity contribution in [3.8, 4) is 0 Å². The molecule has 0 aromatic heterocycles. The van der Waals surface area contributed by atoms with E-state index in [1.807, 2.05) is 43.3 Å². The fourth-order valence-electron chi connectivity index (χ4n) is 1.84. The minimum atomic E-state index is -4.42. The molecule has 2 rings (SSSR count). The van der Waals surface area contributed by atoms with Crippen molar-refractivity contribution in [3.63, 3.8) is 0 Å². The summed E-state index contributed by atoms with van der Waals surface area (Å²) in [5, 5.41) is 4.09. The lowest BCUT2D eigenvalue weighted by Gasteiger charge is -2.09. The summed E-state index contributed by atoms with van der Waals surface area (Å²) in [6, 6.07) is 12.7. The number of nitrogens with zero attached hydrogens (tertiary/aromatic N) is 1. The van der Waals surface area contributed by atoms with Gasteiger partial charge < -0.3 is 0 Å². The molecule has 0 saturated carbocycles. The highest BCUT2D eigenvalue weighted by Gasteiger charge is 2.30. The van der Waals surface area contributed by atoms with Gasteiger partial charge in [-0.1, -0.05) is 48.0 Å². The molecule has 0 bridgehead atoms. The normalized spacial score (nSPS) is 12.7. The molecule has 0 aliphatic heterocycles. The van der Waals surface area contributed by atoms with Crippen LogP contribution in [0.15, 0.2) is 59.2 Å². The van der Waals surface area contributed by atoms with Gasteiger partial charge in [0.1, 0.15) is 0 Å². The number of halogens is 4. The summed E-state index contributed by atoms with van der Waals surface area (Å²) in [6.45, 7) is 1.84. The average molecular weight is 339 g/mol. The first kappa shape index (κ1) is 17.1. The van der Waals surface area contributed by atoms with Crippen LogP contribution in [0.3, 0.4) is 0 Å². The average Bonchev–Trinajstić information content (AvgIpc) is 2.49. The van der Waals surface area contributed by atoms with Gasteiger partial charge >= 0.3 is 6.18 Å². The number of nitrogens with one attached hydrogen (secondary N) is 1. The van der Waals surface area contributed by atoms with Crippen molar-refractivity contribution in [3.05, 3.63) is 70.3 Å². The van der Waals surface area contributed by atoms with Crippen molar-refractivity contribution >= 4 is 29.6 Å². The van der Waals surface area contributed by atoms with E-state index in [2.05, 4.69) is 10.5 Å². The molecule has 120 valence electrons. The monoisotopic (exact) mass is 338 g/mol. The standard InChI is InChI=1S/C17H14ClF3N2/c1-12(9-13-5-3-2-4-6-13)11-22-23-16-10-14(17(19,20)21)7-8-15(16)18/h2-11,23H,1H3. The molecule has 0 aliphatic rings. The third kappa shape index (κ3) is 5.14. The van der Waals surface area contributed by atoms with Gasteiger partial charge in [-0.2, -0.15) is 18.3 Å². The zero-order valence-electron chi connectivity index (χ0n) is 12.2. The Morgan fingerprint density at radius 2 is 1.83 bits per heavy atom. The van der Waals surface area contributed by atoms with Crippen molar-refractivity contribution in [2.75, 3.05) is 5.43 Å². The molecule has 1 N–H and O–H groups in total. The molecule has 0 atom stereocenters. The van der Waals surface area contributed by atoms with Gasteiger partial charge in [-0.3, -0.25) is 5.43 Å². The number of alkyl halides is 3. The number of hydrazone groups is 1. The van der Waals surface area contributed by atoms with E-state index in [9.17, 15) is 13.2 Å². The number of rotatable bonds is 4. The Balaban J connectivity index is 2.10. The maximum absolute atomic E-state index is 12.7. The Morgan fingerprint density at radius 1 is 1.13 bits per heavy atom. The molecule has 0 amide bonds. The van der Waals surface area contributed by atoms with Gasteiger partial charge in [0.25, 0.3) is 0 Å². The number of hydrogen-bond donors (Lipinski definition) is 1. The molecule has 2 aromatic rings. The van der Waals surface area contributed by atoms with Gasteiger partial charge in [0.05, 0.1) is 22.5 Å². The Labute approximate surface area is 137 Å². The van der Waals surface area contributed by atoms with E-state index in [0.717, 1.165) is 23.3 Å². The number of anilines is 1. The summed E-state index contributed by atoms with van der Waals surface area (Å²) in [5.74, 6) is 0. The predicted octanol–water partition coefficient (Wildman–Crippen LogP) is 5.86. The second-order valence-corrected chi connectivity index (χ2v) is 5.27. The van der Waals surface area contributed by atoms with Gasteiger partial charge in [0.2, 0.25) is 0 Å². The lowest BCUT2D eigenvalue weighted by Crippen LogP contribution is -2.05. The van der Waals surface area contributed by atoms with Crippen LogP contribution in [0.2, 0.25) is 5.02 Å². The van der Waals surface area contributed by atoms with Crippen LogP contribution in [0.25, 0.3) is 6.08 Å². The van der Waals surface area contributed by atoms with E-state index >= 15 is 0 Å². The third-order valence-electron chi connectivity index (χ3n) is 2.94. The highest BCUT2D eigenvalue weighted by molar-refractivity contribution is 6.33. The minimum Gasteiger partial charge on any atom is -0.277 e. The topological polar surface area (TPSA) is 24.4 Å². The van der Waals surface area contributed by atoms with Crippen LogP contribution in [0.4, 0.5) is 18.9 Å². The zero-order valence-corrected chi connectivity index (χ0v) is 13.0. The van der Waals surface area contributed by atoms with Crippen LogP contribution >= 0.6 is 11.6 Å². The molecule has 0 aliphatic carbocycles. The molecular formula is C17H14ClF3N2. The molecule has 0 heterocycles. The van der Waals surface area contributed by atoms with Crippen LogP contribution in [-0.2, 0) is 6.18 Å². The first-order valence-corrected chi connectivity index (χ1v) is 7.13. The summed E-state index contributed by atoms with van der Waals surface area (Å²) in [7, 11) is 0. The van der Waals surface area contributed by atoms with Crippen LogP contribution in [0.1, 0.15) is 18.1 Å². The summed E-state index contributed by atoms with van der Waals surface area (Å²) in [5.41, 5.74) is 3.71. The Morgan fingerprint density at radius 3 is 2.48 bits per heavy atom. The molecule has 0 fully saturated rings. The van der Waals surface area contributed by atoms with Crippen LogP contribution in [0.5, 0.6) is 0 Å². The van der Waals surface area contributed by atoms with E-state index < -0.39 is 11.7 Å². The van der Waals surface area contributed by atoms with Crippen molar-refractivity contribution in [1.82, 2.24) is 0 Å². The number of benzene rings is 2. The number of hydrogen-bond acceptors (Lipinski definition) is 2. The number of allylic oxidation sites excluding steroid dienone is 1. The second kappa shape index (κ2) is 7.33. The first-order chi connectivity index (χ1) is 10.9. The Hall–Kier alpha value is -2.27. The maximum Gasteiger partial charge on any atom is 0.416 e. The fourth-order valence-corrected chi connectivity index (χ4v) is 2.00. The van der Waals surface area contributed by atoms with Gasteiger partial charge in [-0.05, 0) is 36.3 Å². The van der Waals surface area contributed by atoms with Crippen molar-refractivity contribution in [1.29, 1.82) is 0 Å². The SMILES string of the molecule is CC(C=NNc1cc(C(F)(F)F)ccc1Cl)=Cc1ccccc1. The smallest absolute Gasteiger partial charge is 0.277 e. The highest BCUT2D eigenvalue weighted by Crippen LogP contribution is 2.33. The van der Waals surface area contributed by atoms with E-state index in [4.69, 9.17) is 11.6 Å². The van der Waals surface area contributed by atoms with E-state index in [1.54, 1.807) is 0 Å². The molecule has 0 radical (unpaired) electrons. The Kier molecular flexibility index (Phi) is 5.45. The first-order valence-electron chi connectivity index (χ1n) is 6.75. The van der Waals surface area contributed by atoms with Gasteiger partial charge in [-0.15, -0.1) is 0 Å². The summed E-state index contributed by atoms with van der Waals surface area (Å²) in [6.07, 6.45) is -1.00. The summed E-state index contributed by atoms with van der Waals surface area (Å²) < 4.78 is 38.0. The molecular weight excluding hydrogens is 325 g/mol. The lowest BCUT2D eigenvalue weighted by atomic mass is 10.1. The maximum atomic E-state index is 12.7. The van der Waals surface area contributed by atoms with E-state index in [0.29, 0.717) is 0 Å². The zero-order chi connectivity index (χ0) is 16.9. The van der Waals surface area contributed by atoms with E-state index in [1.165, 1.54) is 12.3 Å². The lowest BCUT2D eigenvalue weighted by molar-refractivity contribution is -0.137. The molecule has 0 unspecified atom stereocenters. The second-order valence-electron chi connectivity index (χ2n) is 4.86. The highest BCUT2D eigenvalue weighted by atomic mass is 35.5. The van der Waals surface area contributed by atoms with Crippen molar-refractivity contribution < 1.29 is 13.2 Å². The van der Waals surface area contributed by atoms with Crippen LogP contribution in [0, 0.1) is 0 Å². The van der Waals surface area contributed by atoms with E-state index in [-0.39, 0.29) is 10.7 Å². The summed E-state index contributed by atoms with van der Waals surface area (Å²) >= 11 is 5.87. The van der Waals surface area contributed by atoms with Crippen LogP contribution in [-0.4, -0.2) is 6.21 Å². The molecule has 2 aromatic carbocycles. The molecule has 23 heavy (non-hydrogen) atoms. The van der Waals surface area contributed by atoms with Gasteiger partial charge in [0, 0.05) is 0 Å². The van der Waals surface area contributed by atoms with Crippen LogP contribution < -0.4 is 5.43 Å². The summed E-state index contributed by atoms with van der Waals surface area (Å²) in [4.78, 5) is 0. The van der Waals surface area contributed by atoms with Crippen molar-refractivity contribution in [2.24, 2.45) is 5.10 Å². The molecule has 0 saturated heterocycles. The fraction of sp³-hybridized carbons (Fsp3) is 0.118. The van der Waals surface area contributed by atoms with Crippen molar-refractivity contribution in [2.45, 2.75) is 13.1 Å². The molecule has 6 heteroatoms. The third-order valence-corrected chi connectivity index (χ3v) is 3.27. The molecule has 0 spiro atoms. The Bertz CT molecular complexity index is 722. The van der Waals surface area contributed by atoms with Gasteiger partial charge in [0.15, 0.2) is 0 Å².